The number of H-pyrrole nitrogens is 1. The number of hydrogen-bond acceptors (Lipinski definition) is 2. The smallest absolute Gasteiger partial charge is 0.132 e. The summed E-state index contributed by atoms with van der Waals surface area (Å²) in [5.41, 5.74) is 2.32. The fourth-order valence-corrected chi connectivity index (χ4v) is 1.68. The van der Waals surface area contributed by atoms with E-state index in [4.69, 9.17) is 0 Å². The van der Waals surface area contributed by atoms with Gasteiger partial charge in [0.1, 0.15) is 5.82 Å². The maximum absolute atomic E-state index is 13.5. The predicted octanol–water partition coefficient (Wildman–Crippen LogP) is 2.76. The number of fused-ring (bicyclic) bond motifs is 1. The van der Waals surface area contributed by atoms with Crippen LogP contribution in [0.5, 0.6) is 0 Å². The molecule has 3 nitrogen and oxygen atoms in total. The van der Waals surface area contributed by atoms with Crippen molar-refractivity contribution in [3.8, 4) is 11.3 Å². The Labute approximate surface area is 91.0 Å². The molecule has 0 aliphatic carbocycles. The van der Waals surface area contributed by atoms with E-state index in [2.05, 4.69) is 15.2 Å². The lowest BCUT2D eigenvalue weighted by molar-refractivity contribution is 0.639. The Morgan fingerprint density at radius 2 is 2.12 bits per heavy atom. The maximum Gasteiger partial charge on any atom is 0.132 e. The molecule has 2 heterocycles. The summed E-state index contributed by atoms with van der Waals surface area (Å²) in [6.45, 7) is 0. The molecule has 0 saturated heterocycles. The molecule has 4 heteroatoms. The van der Waals surface area contributed by atoms with Gasteiger partial charge < -0.3 is 0 Å². The first-order valence-electron chi connectivity index (χ1n) is 4.88. The molecular weight excluding hydrogens is 205 g/mol. The normalized spacial score (nSPS) is 10.8. The molecule has 1 N–H and O–H groups in total. The third-order valence-corrected chi connectivity index (χ3v) is 2.48. The van der Waals surface area contributed by atoms with Gasteiger partial charge in [0.15, 0.2) is 0 Å². The highest BCUT2D eigenvalue weighted by Crippen LogP contribution is 2.22. The molecule has 16 heavy (non-hydrogen) atoms. The highest BCUT2D eigenvalue weighted by molar-refractivity contribution is 5.83. The van der Waals surface area contributed by atoms with Crippen LogP contribution in [0.3, 0.4) is 0 Å². The zero-order valence-corrected chi connectivity index (χ0v) is 8.31. The Balaban J connectivity index is 2.27. The topological polar surface area (TPSA) is 41.6 Å². The fourth-order valence-electron chi connectivity index (χ4n) is 1.68. The van der Waals surface area contributed by atoms with E-state index in [-0.39, 0.29) is 5.82 Å². The molecule has 1 aromatic carbocycles. The second-order valence-corrected chi connectivity index (χ2v) is 3.50. The highest BCUT2D eigenvalue weighted by atomic mass is 19.1. The van der Waals surface area contributed by atoms with Gasteiger partial charge in [0, 0.05) is 23.3 Å². The van der Waals surface area contributed by atoms with Crippen LogP contribution in [-0.4, -0.2) is 15.2 Å². The minimum absolute atomic E-state index is 0.258. The van der Waals surface area contributed by atoms with Crippen LogP contribution in [0.25, 0.3) is 22.2 Å². The van der Waals surface area contributed by atoms with Crippen molar-refractivity contribution in [2.45, 2.75) is 0 Å². The number of hydrogen-bond donors (Lipinski definition) is 1. The van der Waals surface area contributed by atoms with E-state index in [1.165, 1.54) is 6.07 Å². The van der Waals surface area contributed by atoms with Gasteiger partial charge in [-0.2, -0.15) is 5.10 Å². The van der Waals surface area contributed by atoms with Crippen LogP contribution >= 0.6 is 0 Å². The van der Waals surface area contributed by atoms with E-state index in [0.717, 1.165) is 11.3 Å². The van der Waals surface area contributed by atoms with Gasteiger partial charge in [-0.3, -0.25) is 10.1 Å². The quantitative estimate of drug-likeness (QED) is 0.675. The van der Waals surface area contributed by atoms with Gasteiger partial charge in [-0.25, -0.2) is 4.39 Å². The van der Waals surface area contributed by atoms with Gasteiger partial charge in [-0.1, -0.05) is 6.07 Å². The van der Waals surface area contributed by atoms with Crippen molar-refractivity contribution in [3.05, 3.63) is 48.5 Å². The lowest BCUT2D eigenvalue weighted by Crippen LogP contribution is -1.86. The molecule has 0 amide bonds. The van der Waals surface area contributed by atoms with Crippen LogP contribution in [0, 0.1) is 5.82 Å². The van der Waals surface area contributed by atoms with E-state index in [9.17, 15) is 4.39 Å². The Morgan fingerprint density at radius 1 is 1.19 bits per heavy atom. The Bertz CT molecular complexity index is 632. The minimum atomic E-state index is -0.258. The van der Waals surface area contributed by atoms with Gasteiger partial charge >= 0.3 is 0 Å². The number of nitrogens with one attached hydrogen (secondary N) is 1. The van der Waals surface area contributed by atoms with Crippen molar-refractivity contribution in [1.82, 2.24) is 15.2 Å². The highest BCUT2D eigenvalue weighted by Gasteiger charge is 2.04. The van der Waals surface area contributed by atoms with E-state index in [1.54, 1.807) is 30.6 Å². The first-order valence-corrected chi connectivity index (χ1v) is 4.88. The van der Waals surface area contributed by atoms with Crippen molar-refractivity contribution in [3.63, 3.8) is 0 Å². The Morgan fingerprint density at radius 3 is 2.94 bits per heavy atom. The van der Waals surface area contributed by atoms with Crippen molar-refractivity contribution in [1.29, 1.82) is 0 Å². The van der Waals surface area contributed by atoms with E-state index in [1.807, 2.05) is 6.07 Å². The number of aromatic nitrogens is 3. The van der Waals surface area contributed by atoms with Gasteiger partial charge in [0.2, 0.25) is 0 Å². The average Bonchev–Trinajstić information content (AvgIpc) is 2.83. The van der Waals surface area contributed by atoms with Gasteiger partial charge in [-0.05, 0) is 24.3 Å². The van der Waals surface area contributed by atoms with Crippen molar-refractivity contribution in [2.75, 3.05) is 0 Å². The second-order valence-electron chi connectivity index (χ2n) is 3.50. The summed E-state index contributed by atoms with van der Waals surface area (Å²) in [5, 5.41) is 7.20. The molecular formula is C12H8FN3. The molecule has 0 aliphatic rings. The summed E-state index contributed by atoms with van der Waals surface area (Å²) >= 11 is 0. The largest absolute Gasteiger partial charge is 0.278 e. The molecule has 0 radical (unpaired) electrons. The number of aromatic amines is 1. The van der Waals surface area contributed by atoms with Gasteiger partial charge in [-0.15, -0.1) is 0 Å². The standard InChI is InChI=1S/C12H8FN3/c13-10-2-1-3-12-9(10)6-8(7-14-12)11-4-5-15-16-11/h1-7H,(H,15,16). The number of halogens is 1. The number of nitrogens with zero attached hydrogens (tertiary/aromatic N) is 2. The lowest BCUT2D eigenvalue weighted by atomic mass is 10.1. The number of benzene rings is 1. The third-order valence-electron chi connectivity index (χ3n) is 2.48. The summed E-state index contributed by atoms with van der Waals surface area (Å²) in [6, 6.07) is 8.46. The molecule has 3 rings (SSSR count). The first kappa shape index (κ1) is 9.03. The molecule has 0 unspecified atom stereocenters. The van der Waals surface area contributed by atoms with Gasteiger partial charge in [0.25, 0.3) is 0 Å². The fraction of sp³-hybridized carbons (Fsp3) is 0. The number of pyridine rings is 1. The van der Waals surface area contributed by atoms with Crippen LogP contribution in [0.1, 0.15) is 0 Å². The Hall–Kier alpha value is -2.23. The third kappa shape index (κ3) is 1.35. The summed E-state index contributed by atoms with van der Waals surface area (Å²) in [5.74, 6) is -0.258. The molecule has 0 spiro atoms. The van der Waals surface area contributed by atoms with Crippen LogP contribution in [0.2, 0.25) is 0 Å². The number of rotatable bonds is 1. The van der Waals surface area contributed by atoms with E-state index < -0.39 is 0 Å². The van der Waals surface area contributed by atoms with Crippen molar-refractivity contribution < 1.29 is 4.39 Å². The zero-order chi connectivity index (χ0) is 11.0. The van der Waals surface area contributed by atoms with Crippen LogP contribution in [-0.2, 0) is 0 Å². The molecule has 0 atom stereocenters. The van der Waals surface area contributed by atoms with Crippen LogP contribution in [0.4, 0.5) is 4.39 Å². The summed E-state index contributed by atoms with van der Waals surface area (Å²) in [6.07, 6.45) is 3.36. The van der Waals surface area contributed by atoms with E-state index >= 15 is 0 Å². The summed E-state index contributed by atoms with van der Waals surface area (Å²) < 4.78 is 13.5. The van der Waals surface area contributed by atoms with Crippen LogP contribution in [0.15, 0.2) is 42.7 Å². The van der Waals surface area contributed by atoms with Gasteiger partial charge in [0.05, 0.1) is 11.2 Å². The van der Waals surface area contributed by atoms with Crippen molar-refractivity contribution >= 4 is 10.9 Å². The molecule has 0 bridgehead atoms. The molecule has 3 aromatic rings. The summed E-state index contributed by atoms with van der Waals surface area (Å²) in [4.78, 5) is 4.21. The second kappa shape index (κ2) is 3.41. The first-order chi connectivity index (χ1) is 7.84. The molecule has 0 fully saturated rings. The molecule has 0 aliphatic heterocycles. The zero-order valence-electron chi connectivity index (χ0n) is 8.31. The SMILES string of the molecule is Fc1cccc2ncc(-c3ccn[nH]3)cc12. The minimum Gasteiger partial charge on any atom is -0.278 e. The molecule has 0 saturated carbocycles. The van der Waals surface area contributed by atoms with Crippen molar-refractivity contribution in [2.24, 2.45) is 0 Å². The molecule has 78 valence electrons. The van der Waals surface area contributed by atoms with Crippen LogP contribution < -0.4 is 0 Å². The summed E-state index contributed by atoms with van der Waals surface area (Å²) in [7, 11) is 0. The molecule has 2 aromatic heterocycles. The Kier molecular flexibility index (Phi) is 1.93. The maximum atomic E-state index is 13.5. The lowest BCUT2D eigenvalue weighted by Gasteiger charge is -2.01. The monoisotopic (exact) mass is 213 g/mol. The average molecular weight is 213 g/mol. The predicted molar refractivity (Wildman–Crippen MR) is 59.3 cm³/mol. The van der Waals surface area contributed by atoms with E-state index in [0.29, 0.717) is 10.9 Å².